The van der Waals surface area contributed by atoms with Gasteiger partial charge in [0.2, 0.25) is 0 Å². The highest BCUT2D eigenvalue weighted by Crippen LogP contribution is 2.23. The molecule has 22 heavy (non-hydrogen) atoms. The molecule has 0 heterocycles. The highest BCUT2D eigenvalue weighted by atomic mass is 35.5. The largest absolute Gasteiger partial charge is 0.457 e. The summed E-state index contributed by atoms with van der Waals surface area (Å²) in [5.74, 6) is -0.644. The van der Waals surface area contributed by atoms with Gasteiger partial charge in [-0.2, -0.15) is 0 Å². The number of hydrogen-bond donors (Lipinski definition) is 0. The zero-order valence-corrected chi connectivity index (χ0v) is 13.0. The highest BCUT2D eigenvalue weighted by molar-refractivity contribution is 6.42. The van der Waals surface area contributed by atoms with Crippen LogP contribution in [0.15, 0.2) is 36.4 Å². The van der Waals surface area contributed by atoms with E-state index in [1.807, 2.05) is 0 Å². The molecule has 0 atom stereocenters. The van der Waals surface area contributed by atoms with Crippen LogP contribution in [0.3, 0.4) is 0 Å². The van der Waals surface area contributed by atoms with Crippen molar-refractivity contribution in [2.24, 2.45) is 0 Å². The molecule has 0 aromatic heterocycles. The molecule has 0 bridgehead atoms. The molecule has 0 saturated carbocycles. The lowest BCUT2D eigenvalue weighted by molar-refractivity contribution is -0.385. The summed E-state index contributed by atoms with van der Waals surface area (Å²) in [6.45, 7) is 1.60. The summed E-state index contributed by atoms with van der Waals surface area (Å²) in [7, 11) is 0. The summed E-state index contributed by atoms with van der Waals surface area (Å²) in [5, 5.41) is 11.6. The SMILES string of the molecule is Cc1ccc(C(=O)OCc2ccc(Cl)c(Cl)c2)cc1[N+](=O)[O-]. The minimum absolute atomic E-state index is 0.00258. The van der Waals surface area contributed by atoms with Gasteiger partial charge in [0.15, 0.2) is 0 Å². The normalized spacial score (nSPS) is 10.3. The molecule has 7 heteroatoms. The van der Waals surface area contributed by atoms with Gasteiger partial charge in [-0.1, -0.05) is 35.3 Å². The van der Waals surface area contributed by atoms with Crippen LogP contribution in [-0.2, 0) is 11.3 Å². The second-order valence-electron chi connectivity index (χ2n) is 4.58. The Labute approximate surface area is 136 Å². The fourth-order valence-electron chi connectivity index (χ4n) is 1.79. The van der Waals surface area contributed by atoms with Gasteiger partial charge in [0, 0.05) is 11.6 Å². The van der Waals surface area contributed by atoms with Gasteiger partial charge in [0.1, 0.15) is 6.61 Å². The summed E-state index contributed by atoms with van der Waals surface area (Å²) in [6, 6.07) is 9.07. The van der Waals surface area contributed by atoms with Crippen LogP contribution in [0, 0.1) is 17.0 Å². The van der Waals surface area contributed by atoms with Crippen LogP contribution in [-0.4, -0.2) is 10.9 Å². The van der Waals surface area contributed by atoms with E-state index in [0.717, 1.165) is 0 Å². The van der Waals surface area contributed by atoms with Crippen LogP contribution in [0.25, 0.3) is 0 Å². The number of nitro benzene ring substituents is 1. The number of rotatable bonds is 4. The molecule has 0 spiro atoms. The summed E-state index contributed by atoms with van der Waals surface area (Å²) in [5.41, 5.74) is 1.15. The second kappa shape index (κ2) is 6.77. The van der Waals surface area contributed by atoms with E-state index in [-0.39, 0.29) is 17.9 Å². The summed E-state index contributed by atoms with van der Waals surface area (Å²) >= 11 is 11.7. The first-order valence-electron chi connectivity index (χ1n) is 6.24. The standard InChI is InChI=1S/C15H11Cl2NO4/c1-9-2-4-11(7-14(9)18(20)21)15(19)22-8-10-3-5-12(16)13(17)6-10/h2-7H,8H2,1H3. The fourth-order valence-corrected chi connectivity index (χ4v) is 2.12. The average molecular weight is 340 g/mol. The number of aryl methyl sites for hydroxylation is 1. The lowest BCUT2D eigenvalue weighted by Crippen LogP contribution is -2.06. The van der Waals surface area contributed by atoms with E-state index in [9.17, 15) is 14.9 Å². The predicted octanol–water partition coefficient (Wildman–Crippen LogP) is 4.57. The van der Waals surface area contributed by atoms with E-state index in [0.29, 0.717) is 21.2 Å². The molecule has 2 aromatic carbocycles. The van der Waals surface area contributed by atoms with E-state index in [1.54, 1.807) is 25.1 Å². The Morgan fingerprint density at radius 1 is 1.18 bits per heavy atom. The molecule has 114 valence electrons. The molecule has 0 unspecified atom stereocenters. The fraction of sp³-hybridized carbons (Fsp3) is 0.133. The highest BCUT2D eigenvalue weighted by Gasteiger charge is 2.16. The van der Waals surface area contributed by atoms with Crippen molar-refractivity contribution in [2.45, 2.75) is 13.5 Å². The predicted molar refractivity (Wildman–Crippen MR) is 83.4 cm³/mol. The molecule has 5 nitrogen and oxygen atoms in total. The van der Waals surface area contributed by atoms with E-state index in [1.165, 1.54) is 18.2 Å². The third-order valence-corrected chi connectivity index (χ3v) is 3.73. The zero-order chi connectivity index (χ0) is 16.3. The van der Waals surface area contributed by atoms with Crippen molar-refractivity contribution in [3.63, 3.8) is 0 Å². The molecule has 0 fully saturated rings. The smallest absolute Gasteiger partial charge is 0.338 e. The van der Waals surface area contributed by atoms with E-state index < -0.39 is 10.9 Å². The topological polar surface area (TPSA) is 69.4 Å². The maximum Gasteiger partial charge on any atom is 0.338 e. The van der Waals surface area contributed by atoms with Crippen molar-refractivity contribution in [3.05, 3.63) is 73.2 Å². The van der Waals surface area contributed by atoms with Crippen molar-refractivity contribution in [1.29, 1.82) is 0 Å². The molecule has 2 aromatic rings. The molecular weight excluding hydrogens is 329 g/mol. The van der Waals surface area contributed by atoms with Gasteiger partial charge in [0.25, 0.3) is 5.69 Å². The Balaban J connectivity index is 2.10. The average Bonchev–Trinajstić information content (AvgIpc) is 2.48. The number of benzene rings is 2. The zero-order valence-electron chi connectivity index (χ0n) is 11.5. The number of hydrogen-bond acceptors (Lipinski definition) is 4. The maximum absolute atomic E-state index is 12.0. The van der Waals surface area contributed by atoms with Crippen molar-refractivity contribution < 1.29 is 14.5 Å². The third kappa shape index (κ3) is 3.75. The Bertz CT molecular complexity index is 746. The van der Waals surface area contributed by atoms with Crippen LogP contribution in [0.2, 0.25) is 10.0 Å². The monoisotopic (exact) mass is 339 g/mol. The van der Waals surface area contributed by atoms with Crippen LogP contribution < -0.4 is 0 Å². The Morgan fingerprint density at radius 2 is 1.91 bits per heavy atom. The molecule has 0 radical (unpaired) electrons. The Morgan fingerprint density at radius 3 is 2.55 bits per heavy atom. The van der Waals surface area contributed by atoms with Gasteiger partial charge in [-0.05, 0) is 30.7 Å². The number of carbonyl (C=O) groups is 1. The molecule has 0 aliphatic carbocycles. The van der Waals surface area contributed by atoms with Gasteiger partial charge in [-0.3, -0.25) is 10.1 Å². The molecule has 0 aliphatic rings. The number of halogens is 2. The molecular formula is C15H11Cl2NO4. The van der Waals surface area contributed by atoms with Crippen molar-refractivity contribution in [2.75, 3.05) is 0 Å². The molecule has 0 N–H and O–H groups in total. The van der Waals surface area contributed by atoms with Gasteiger partial charge in [0.05, 0.1) is 20.5 Å². The van der Waals surface area contributed by atoms with Gasteiger partial charge in [-0.15, -0.1) is 0 Å². The minimum Gasteiger partial charge on any atom is -0.457 e. The summed E-state index contributed by atoms with van der Waals surface area (Å²) < 4.78 is 5.12. The number of esters is 1. The van der Waals surface area contributed by atoms with Crippen LogP contribution >= 0.6 is 23.2 Å². The van der Waals surface area contributed by atoms with Crippen molar-refractivity contribution in [3.8, 4) is 0 Å². The number of ether oxygens (including phenoxy) is 1. The van der Waals surface area contributed by atoms with Crippen LogP contribution in [0.1, 0.15) is 21.5 Å². The van der Waals surface area contributed by atoms with Crippen LogP contribution in [0.4, 0.5) is 5.69 Å². The van der Waals surface area contributed by atoms with Gasteiger partial charge in [-0.25, -0.2) is 4.79 Å². The van der Waals surface area contributed by atoms with Crippen molar-refractivity contribution >= 4 is 34.9 Å². The van der Waals surface area contributed by atoms with Crippen LogP contribution in [0.5, 0.6) is 0 Å². The lowest BCUT2D eigenvalue weighted by atomic mass is 10.1. The van der Waals surface area contributed by atoms with E-state index >= 15 is 0 Å². The number of nitrogens with zero attached hydrogens (tertiary/aromatic N) is 1. The first kappa shape index (κ1) is 16.3. The van der Waals surface area contributed by atoms with E-state index in [4.69, 9.17) is 27.9 Å². The minimum atomic E-state index is -0.644. The summed E-state index contributed by atoms with van der Waals surface area (Å²) in [6.07, 6.45) is 0. The molecule has 2 rings (SSSR count). The lowest BCUT2D eigenvalue weighted by Gasteiger charge is -2.06. The maximum atomic E-state index is 12.0. The van der Waals surface area contributed by atoms with Gasteiger partial charge < -0.3 is 4.74 Å². The third-order valence-electron chi connectivity index (χ3n) is 3.00. The second-order valence-corrected chi connectivity index (χ2v) is 5.40. The Kier molecular flexibility index (Phi) is 5.00. The molecule has 0 amide bonds. The molecule has 0 aliphatic heterocycles. The Hall–Kier alpha value is -2.11. The van der Waals surface area contributed by atoms with Gasteiger partial charge >= 0.3 is 5.97 Å². The quantitative estimate of drug-likeness (QED) is 0.464. The summed E-state index contributed by atoms with van der Waals surface area (Å²) in [4.78, 5) is 22.3. The number of nitro groups is 1. The first-order chi connectivity index (χ1) is 10.4. The van der Waals surface area contributed by atoms with Crippen molar-refractivity contribution in [1.82, 2.24) is 0 Å². The first-order valence-corrected chi connectivity index (χ1v) is 7.00. The van der Waals surface area contributed by atoms with E-state index in [2.05, 4.69) is 0 Å². The molecule has 0 saturated heterocycles. The number of carbonyl (C=O) groups excluding carboxylic acids is 1.